The van der Waals surface area contributed by atoms with Crippen molar-refractivity contribution >= 4 is 0 Å². The second-order valence-corrected chi connectivity index (χ2v) is 5.22. The highest BCUT2D eigenvalue weighted by Gasteiger charge is 2.02. The van der Waals surface area contributed by atoms with E-state index in [0.717, 1.165) is 26.2 Å². The molecule has 0 radical (unpaired) electrons. The molecule has 1 atom stereocenters. The molecule has 1 N–H and O–H groups in total. The maximum absolute atomic E-state index is 5.12. The van der Waals surface area contributed by atoms with Gasteiger partial charge in [-0.1, -0.05) is 37.3 Å². The SMILES string of the molecule is COCC(C)CNCc1cnn(Cc2ccccc2)c1. The summed E-state index contributed by atoms with van der Waals surface area (Å²) < 4.78 is 7.10. The molecule has 1 heterocycles. The molecular weight excluding hydrogens is 250 g/mol. The first-order chi connectivity index (χ1) is 9.78. The van der Waals surface area contributed by atoms with Crippen molar-refractivity contribution in [3.63, 3.8) is 0 Å². The van der Waals surface area contributed by atoms with Crippen LogP contribution < -0.4 is 5.32 Å². The van der Waals surface area contributed by atoms with Crippen molar-refractivity contribution in [2.75, 3.05) is 20.3 Å². The molecule has 0 spiro atoms. The van der Waals surface area contributed by atoms with Gasteiger partial charge in [-0.2, -0.15) is 5.10 Å². The maximum Gasteiger partial charge on any atom is 0.0659 e. The van der Waals surface area contributed by atoms with Gasteiger partial charge in [0, 0.05) is 38.6 Å². The molecular formula is C16H23N3O. The largest absolute Gasteiger partial charge is 0.384 e. The van der Waals surface area contributed by atoms with Crippen molar-refractivity contribution in [2.45, 2.75) is 20.0 Å². The summed E-state index contributed by atoms with van der Waals surface area (Å²) in [6.45, 7) is 5.59. The number of aromatic nitrogens is 2. The second kappa shape index (κ2) is 7.82. The molecule has 20 heavy (non-hydrogen) atoms. The van der Waals surface area contributed by atoms with Crippen molar-refractivity contribution < 1.29 is 4.74 Å². The highest BCUT2D eigenvalue weighted by molar-refractivity contribution is 5.15. The lowest BCUT2D eigenvalue weighted by Gasteiger charge is -2.10. The number of benzene rings is 1. The molecule has 2 aromatic rings. The van der Waals surface area contributed by atoms with Gasteiger partial charge in [0.25, 0.3) is 0 Å². The van der Waals surface area contributed by atoms with Crippen LogP contribution in [0.5, 0.6) is 0 Å². The maximum atomic E-state index is 5.12. The summed E-state index contributed by atoms with van der Waals surface area (Å²) in [6.07, 6.45) is 4.03. The second-order valence-electron chi connectivity index (χ2n) is 5.22. The Morgan fingerprint density at radius 1 is 1.25 bits per heavy atom. The highest BCUT2D eigenvalue weighted by atomic mass is 16.5. The quantitative estimate of drug-likeness (QED) is 0.802. The van der Waals surface area contributed by atoms with E-state index in [-0.39, 0.29) is 0 Å². The smallest absolute Gasteiger partial charge is 0.0659 e. The van der Waals surface area contributed by atoms with Gasteiger partial charge in [0.05, 0.1) is 12.7 Å². The van der Waals surface area contributed by atoms with E-state index < -0.39 is 0 Å². The van der Waals surface area contributed by atoms with E-state index in [2.05, 4.69) is 47.8 Å². The van der Waals surface area contributed by atoms with E-state index in [1.54, 1.807) is 7.11 Å². The van der Waals surface area contributed by atoms with Crippen LogP contribution in [0.15, 0.2) is 42.7 Å². The molecule has 4 heteroatoms. The van der Waals surface area contributed by atoms with Crippen LogP contribution in [0.3, 0.4) is 0 Å². The van der Waals surface area contributed by atoms with Crippen LogP contribution in [0.4, 0.5) is 0 Å². The Kier molecular flexibility index (Phi) is 5.77. The first-order valence-electron chi connectivity index (χ1n) is 7.03. The van der Waals surface area contributed by atoms with Gasteiger partial charge in [-0.25, -0.2) is 0 Å². The topological polar surface area (TPSA) is 39.1 Å². The number of hydrogen-bond acceptors (Lipinski definition) is 3. The predicted octanol–water partition coefficient (Wildman–Crippen LogP) is 2.30. The Labute approximate surface area is 120 Å². The molecule has 1 aromatic carbocycles. The van der Waals surface area contributed by atoms with Gasteiger partial charge in [0.15, 0.2) is 0 Å². The van der Waals surface area contributed by atoms with Gasteiger partial charge in [-0.15, -0.1) is 0 Å². The zero-order chi connectivity index (χ0) is 14.2. The third kappa shape index (κ3) is 4.79. The molecule has 2 rings (SSSR count). The number of rotatable bonds is 8. The molecule has 0 aliphatic heterocycles. The summed E-state index contributed by atoms with van der Waals surface area (Å²) in [4.78, 5) is 0. The lowest BCUT2D eigenvalue weighted by molar-refractivity contribution is 0.158. The van der Waals surface area contributed by atoms with E-state index in [1.165, 1.54) is 11.1 Å². The monoisotopic (exact) mass is 273 g/mol. The fourth-order valence-electron chi connectivity index (χ4n) is 2.16. The fourth-order valence-corrected chi connectivity index (χ4v) is 2.16. The van der Waals surface area contributed by atoms with Crippen molar-refractivity contribution in [3.8, 4) is 0 Å². The van der Waals surface area contributed by atoms with Crippen molar-refractivity contribution in [2.24, 2.45) is 5.92 Å². The first kappa shape index (κ1) is 14.8. The average molecular weight is 273 g/mol. The number of nitrogens with zero attached hydrogens (tertiary/aromatic N) is 2. The molecule has 0 saturated heterocycles. The first-order valence-corrected chi connectivity index (χ1v) is 7.03. The number of methoxy groups -OCH3 is 1. The zero-order valence-electron chi connectivity index (χ0n) is 12.2. The minimum Gasteiger partial charge on any atom is -0.384 e. The van der Waals surface area contributed by atoms with Crippen molar-refractivity contribution in [1.82, 2.24) is 15.1 Å². The molecule has 0 amide bonds. The summed E-state index contributed by atoms with van der Waals surface area (Å²) in [5, 5.41) is 7.83. The van der Waals surface area contributed by atoms with E-state index in [4.69, 9.17) is 4.74 Å². The van der Waals surface area contributed by atoms with Gasteiger partial charge in [-0.3, -0.25) is 4.68 Å². The van der Waals surface area contributed by atoms with Gasteiger partial charge in [-0.05, 0) is 11.5 Å². The molecule has 0 aliphatic carbocycles. The van der Waals surface area contributed by atoms with Crippen LogP contribution in [0.2, 0.25) is 0 Å². The van der Waals surface area contributed by atoms with Crippen LogP contribution >= 0.6 is 0 Å². The Morgan fingerprint density at radius 3 is 2.80 bits per heavy atom. The summed E-state index contributed by atoms with van der Waals surface area (Å²) in [6, 6.07) is 10.4. The summed E-state index contributed by atoms with van der Waals surface area (Å²) >= 11 is 0. The third-order valence-corrected chi connectivity index (χ3v) is 3.15. The molecule has 0 saturated carbocycles. The van der Waals surface area contributed by atoms with Gasteiger partial charge < -0.3 is 10.1 Å². The van der Waals surface area contributed by atoms with Crippen LogP contribution in [-0.4, -0.2) is 30.0 Å². The Morgan fingerprint density at radius 2 is 2.05 bits per heavy atom. The number of ether oxygens (including phenoxy) is 1. The van der Waals surface area contributed by atoms with Crippen LogP contribution in [0.1, 0.15) is 18.1 Å². The summed E-state index contributed by atoms with van der Waals surface area (Å²) in [5.74, 6) is 0.527. The predicted molar refractivity (Wildman–Crippen MR) is 80.5 cm³/mol. The van der Waals surface area contributed by atoms with E-state index >= 15 is 0 Å². The summed E-state index contributed by atoms with van der Waals surface area (Å²) in [5.41, 5.74) is 2.48. The molecule has 1 unspecified atom stereocenters. The highest BCUT2D eigenvalue weighted by Crippen LogP contribution is 2.04. The Balaban J connectivity index is 1.78. The van der Waals surface area contributed by atoms with Gasteiger partial charge in [0.2, 0.25) is 0 Å². The minimum absolute atomic E-state index is 0.527. The lowest BCUT2D eigenvalue weighted by atomic mass is 10.2. The normalized spacial score (nSPS) is 12.5. The molecule has 0 fully saturated rings. The van der Waals surface area contributed by atoms with Gasteiger partial charge in [0.1, 0.15) is 0 Å². The van der Waals surface area contributed by atoms with Crippen molar-refractivity contribution in [1.29, 1.82) is 0 Å². The molecule has 108 valence electrons. The van der Waals surface area contributed by atoms with E-state index in [0.29, 0.717) is 5.92 Å². The van der Waals surface area contributed by atoms with E-state index in [9.17, 15) is 0 Å². The molecule has 1 aromatic heterocycles. The van der Waals surface area contributed by atoms with E-state index in [1.807, 2.05) is 16.9 Å². The van der Waals surface area contributed by atoms with Crippen LogP contribution in [0.25, 0.3) is 0 Å². The Bertz CT molecular complexity index is 495. The zero-order valence-corrected chi connectivity index (χ0v) is 12.2. The van der Waals surface area contributed by atoms with Crippen molar-refractivity contribution in [3.05, 3.63) is 53.9 Å². The molecule has 0 aliphatic rings. The average Bonchev–Trinajstić information content (AvgIpc) is 2.88. The number of nitrogens with one attached hydrogen (secondary N) is 1. The van der Waals surface area contributed by atoms with Gasteiger partial charge >= 0.3 is 0 Å². The van der Waals surface area contributed by atoms with Crippen LogP contribution in [0, 0.1) is 5.92 Å². The fraction of sp³-hybridized carbons (Fsp3) is 0.438. The molecule has 4 nitrogen and oxygen atoms in total. The Hall–Kier alpha value is -1.65. The molecule has 0 bridgehead atoms. The van der Waals surface area contributed by atoms with Crippen LogP contribution in [-0.2, 0) is 17.8 Å². The third-order valence-electron chi connectivity index (χ3n) is 3.15. The summed E-state index contributed by atoms with van der Waals surface area (Å²) in [7, 11) is 1.74. The lowest BCUT2D eigenvalue weighted by Crippen LogP contribution is -2.23. The minimum atomic E-state index is 0.527. The number of hydrogen-bond donors (Lipinski definition) is 1. The standard InChI is InChI=1S/C16H23N3O/c1-14(13-20-2)8-17-9-16-10-18-19(12-16)11-15-6-4-3-5-7-15/h3-7,10,12,14,17H,8-9,11,13H2,1-2H3.